The number of nitro groups is 1. The lowest BCUT2D eigenvalue weighted by Gasteiger charge is -2.44. The number of nitro benzene ring substituents is 1. The van der Waals surface area contributed by atoms with Crippen molar-refractivity contribution >= 4 is 23.0 Å². The van der Waals surface area contributed by atoms with Crippen LogP contribution in [0.5, 0.6) is 0 Å². The van der Waals surface area contributed by atoms with Gasteiger partial charge >= 0.3 is 0 Å². The summed E-state index contributed by atoms with van der Waals surface area (Å²) in [4.78, 5) is 28.2. The standard InChI is InChI=1S/C36H38N4O6/c1-25-33(23-38-18-20-39(21-19-38)31-14-16-32(17-15-31)40(43)44)45-36(46-34(25)27-12-10-26(24-41)11-13-27)29-8-5-9-30(22-29)37-35(42)28-6-3-2-4-7-28/h2-17,22,25,33-34,36,41H,18-21,23-24H2,1H3,(H,37,42)/t25-,33+,34+,36+/m0/s1. The van der Waals surface area contributed by atoms with Crippen LogP contribution in [0.4, 0.5) is 17.1 Å². The summed E-state index contributed by atoms with van der Waals surface area (Å²) in [6, 6.07) is 31.2. The number of carbonyl (C=O) groups excluding carboxylic acids is 1. The maximum atomic E-state index is 12.8. The molecular weight excluding hydrogens is 584 g/mol. The Morgan fingerprint density at radius 3 is 2.28 bits per heavy atom. The maximum absolute atomic E-state index is 12.8. The normalized spacial score (nSPS) is 21.9. The first-order chi connectivity index (χ1) is 22.4. The molecule has 46 heavy (non-hydrogen) atoms. The monoisotopic (exact) mass is 622 g/mol. The molecule has 0 unspecified atom stereocenters. The van der Waals surface area contributed by atoms with Crippen molar-refractivity contribution in [1.29, 1.82) is 0 Å². The highest BCUT2D eigenvalue weighted by Crippen LogP contribution is 2.42. The van der Waals surface area contributed by atoms with Crippen LogP contribution in [0.1, 0.15) is 46.4 Å². The fourth-order valence-corrected chi connectivity index (χ4v) is 6.11. The SMILES string of the molecule is C[C@H]1[C@@H](CN2CCN(c3ccc([N+](=O)[O-])cc3)CC2)O[C@@H](c2cccc(NC(=O)c3ccccc3)c2)O[C@H]1c1ccc(CO)cc1. The van der Waals surface area contributed by atoms with Gasteiger partial charge in [-0.15, -0.1) is 0 Å². The Morgan fingerprint density at radius 2 is 1.61 bits per heavy atom. The molecule has 0 aliphatic carbocycles. The van der Waals surface area contributed by atoms with Crippen molar-refractivity contribution in [3.05, 3.63) is 135 Å². The minimum Gasteiger partial charge on any atom is -0.392 e. The molecule has 4 aromatic rings. The molecular formula is C36H38N4O6. The molecule has 6 rings (SSSR count). The second kappa shape index (κ2) is 14.2. The summed E-state index contributed by atoms with van der Waals surface area (Å²) >= 11 is 0. The van der Waals surface area contributed by atoms with Crippen LogP contribution in [-0.2, 0) is 16.1 Å². The van der Waals surface area contributed by atoms with Gasteiger partial charge < -0.3 is 24.8 Å². The molecule has 0 radical (unpaired) electrons. The Kier molecular flexibility index (Phi) is 9.70. The van der Waals surface area contributed by atoms with Gasteiger partial charge in [0.25, 0.3) is 11.6 Å². The van der Waals surface area contributed by atoms with E-state index in [0.29, 0.717) is 17.8 Å². The number of aliphatic hydroxyl groups is 1. The van der Waals surface area contributed by atoms with Gasteiger partial charge in [0.15, 0.2) is 6.29 Å². The van der Waals surface area contributed by atoms with E-state index in [-0.39, 0.29) is 41.3 Å². The Morgan fingerprint density at radius 1 is 0.891 bits per heavy atom. The summed E-state index contributed by atoms with van der Waals surface area (Å²) in [5.74, 6) is -0.158. The van der Waals surface area contributed by atoms with Gasteiger partial charge in [0, 0.05) is 73.3 Å². The zero-order valence-electron chi connectivity index (χ0n) is 25.7. The van der Waals surface area contributed by atoms with Gasteiger partial charge in [-0.25, -0.2) is 0 Å². The molecule has 2 heterocycles. The molecule has 2 aliphatic rings. The molecule has 2 N–H and O–H groups in total. The molecule has 0 spiro atoms. The predicted octanol–water partition coefficient (Wildman–Crippen LogP) is 5.95. The van der Waals surface area contributed by atoms with Gasteiger partial charge in [0.1, 0.15) is 0 Å². The first-order valence-electron chi connectivity index (χ1n) is 15.6. The third-order valence-corrected chi connectivity index (χ3v) is 8.81. The minimum absolute atomic E-state index is 0.0247. The number of hydrogen-bond acceptors (Lipinski definition) is 8. The van der Waals surface area contributed by atoms with E-state index in [1.54, 1.807) is 24.3 Å². The molecule has 4 aromatic carbocycles. The molecule has 0 saturated carbocycles. The van der Waals surface area contributed by atoms with Gasteiger partial charge in [0.2, 0.25) is 0 Å². The molecule has 2 aliphatic heterocycles. The first kappa shape index (κ1) is 31.4. The molecule has 0 aromatic heterocycles. The van der Waals surface area contributed by atoms with Crippen LogP contribution < -0.4 is 10.2 Å². The van der Waals surface area contributed by atoms with Crippen molar-refractivity contribution in [3.63, 3.8) is 0 Å². The average molecular weight is 623 g/mol. The lowest BCUT2D eigenvalue weighted by Crippen LogP contribution is -2.51. The number of piperazine rings is 1. The van der Waals surface area contributed by atoms with Gasteiger partial charge in [-0.05, 0) is 47.5 Å². The minimum atomic E-state index is -0.654. The molecule has 10 heteroatoms. The number of anilines is 2. The van der Waals surface area contributed by atoms with E-state index in [9.17, 15) is 20.0 Å². The number of nitrogens with one attached hydrogen (secondary N) is 1. The molecule has 238 valence electrons. The van der Waals surface area contributed by atoms with Crippen LogP contribution in [-0.4, -0.2) is 59.7 Å². The third kappa shape index (κ3) is 7.27. The summed E-state index contributed by atoms with van der Waals surface area (Å²) in [6.07, 6.45) is -1.05. The highest BCUT2D eigenvalue weighted by atomic mass is 16.7. The second-order valence-corrected chi connectivity index (χ2v) is 11.8. The Balaban J connectivity index is 1.18. The number of benzene rings is 4. The second-order valence-electron chi connectivity index (χ2n) is 11.8. The fraction of sp³-hybridized carbons (Fsp3) is 0.306. The first-order valence-corrected chi connectivity index (χ1v) is 15.6. The summed E-state index contributed by atoms with van der Waals surface area (Å²) in [5.41, 5.74) is 4.96. The quantitative estimate of drug-likeness (QED) is 0.174. The smallest absolute Gasteiger partial charge is 0.269 e. The highest BCUT2D eigenvalue weighted by molar-refractivity contribution is 6.04. The van der Waals surface area contributed by atoms with Crippen LogP contribution in [0.2, 0.25) is 0 Å². The molecule has 2 saturated heterocycles. The summed E-state index contributed by atoms with van der Waals surface area (Å²) in [7, 11) is 0. The third-order valence-electron chi connectivity index (χ3n) is 8.81. The number of non-ortho nitro benzene ring substituents is 1. The van der Waals surface area contributed by atoms with Gasteiger partial charge in [-0.3, -0.25) is 19.8 Å². The largest absolute Gasteiger partial charge is 0.392 e. The lowest BCUT2D eigenvalue weighted by atomic mass is 9.90. The molecule has 2 fully saturated rings. The van der Waals surface area contributed by atoms with Crippen LogP contribution in [0.15, 0.2) is 103 Å². The molecule has 0 bridgehead atoms. The average Bonchev–Trinajstić information content (AvgIpc) is 3.10. The van der Waals surface area contributed by atoms with Gasteiger partial charge in [-0.2, -0.15) is 0 Å². The predicted molar refractivity (Wildman–Crippen MR) is 176 cm³/mol. The lowest BCUT2D eigenvalue weighted by molar-refractivity contribution is -0.384. The van der Waals surface area contributed by atoms with E-state index in [1.165, 1.54) is 0 Å². The Hall–Kier alpha value is -4.61. The van der Waals surface area contributed by atoms with E-state index in [2.05, 4.69) is 22.0 Å². The van der Waals surface area contributed by atoms with Crippen LogP contribution >= 0.6 is 0 Å². The number of aliphatic hydroxyl groups excluding tert-OH is 1. The number of amides is 1. The number of carbonyl (C=O) groups is 1. The van der Waals surface area contributed by atoms with E-state index >= 15 is 0 Å². The molecule has 1 amide bonds. The van der Waals surface area contributed by atoms with Gasteiger partial charge in [-0.1, -0.05) is 61.5 Å². The van der Waals surface area contributed by atoms with Crippen molar-refractivity contribution in [3.8, 4) is 0 Å². The summed E-state index contributed by atoms with van der Waals surface area (Å²) in [5, 5.41) is 23.6. The zero-order valence-corrected chi connectivity index (χ0v) is 25.7. The topological polar surface area (TPSA) is 117 Å². The fourth-order valence-electron chi connectivity index (χ4n) is 6.11. The zero-order chi connectivity index (χ0) is 32.0. The van der Waals surface area contributed by atoms with Crippen molar-refractivity contribution in [2.75, 3.05) is 42.9 Å². The van der Waals surface area contributed by atoms with Crippen molar-refractivity contribution in [2.45, 2.75) is 32.0 Å². The molecule has 4 atom stereocenters. The highest BCUT2D eigenvalue weighted by Gasteiger charge is 2.39. The van der Waals surface area contributed by atoms with Crippen molar-refractivity contribution < 1.29 is 24.3 Å². The van der Waals surface area contributed by atoms with E-state index in [0.717, 1.165) is 48.6 Å². The number of nitrogens with zero attached hydrogens (tertiary/aromatic N) is 3. The van der Waals surface area contributed by atoms with Crippen LogP contribution in [0, 0.1) is 16.0 Å². The van der Waals surface area contributed by atoms with Crippen LogP contribution in [0.3, 0.4) is 0 Å². The maximum Gasteiger partial charge on any atom is 0.269 e. The molecule has 10 nitrogen and oxygen atoms in total. The summed E-state index contributed by atoms with van der Waals surface area (Å²) in [6.45, 7) is 6.09. The van der Waals surface area contributed by atoms with Gasteiger partial charge in [0.05, 0.1) is 23.7 Å². The Bertz CT molecular complexity index is 1620. The van der Waals surface area contributed by atoms with E-state index < -0.39 is 6.29 Å². The number of ether oxygens (including phenoxy) is 2. The van der Waals surface area contributed by atoms with Crippen LogP contribution in [0.25, 0.3) is 0 Å². The van der Waals surface area contributed by atoms with E-state index in [4.69, 9.17) is 9.47 Å². The van der Waals surface area contributed by atoms with Crippen molar-refractivity contribution in [1.82, 2.24) is 4.90 Å². The number of rotatable bonds is 9. The van der Waals surface area contributed by atoms with E-state index in [1.807, 2.05) is 78.9 Å². The Labute approximate surface area is 268 Å². The van der Waals surface area contributed by atoms with Crippen molar-refractivity contribution in [2.24, 2.45) is 5.92 Å². The number of hydrogen-bond donors (Lipinski definition) is 2. The summed E-state index contributed by atoms with van der Waals surface area (Å²) < 4.78 is 13.3.